The van der Waals surface area contributed by atoms with E-state index in [4.69, 9.17) is 15.2 Å². The Bertz CT molecular complexity index is 302. The van der Waals surface area contributed by atoms with E-state index in [2.05, 4.69) is 0 Å². The van der Waals surface area contributed by atoms with E-state index in [-0.39, 0.29) is 18.4 Å². The molecule has 18 heavy (non-hydrogen) atoms. The van der Waals surface area contributed by atoms with Gasteiger partial charge in [0.15, 0.2) is 0 Å². The molecular weight excluding hydrogens is 258 g/mol. The van der Waals surface area contributed by atoms with Crippen LogP contribution in [-0.4, -0.2) is 31.2 Å². The lowest BCUT2D eigenvalue weighted by atomic mass is 10.2. The zero-order valence-corrected chi connectivity index (χ0v) is 11.4. The van der Waals surface area contributed by atoms with Crippen LogP contribution in [0.15, 0.2) is 24.3 Å². The van der Waals surface area contributed by atoms with Crippen molar-refractivity contribution in [1.29, 1.82) is 0 Å². The Morgan fingerprint density at radius 3 is 2.11 bits per heavy atom. The molecule has 6 heteroatoms. The minimum atomic E-state index is -0.419. The normalized spacial score (nSPS) is 12.2. The molecule has 0 amide bonds. The van der Waals surface area contributed by atoms with Crippen molar-refractivity contribution in [2.75, 3.05) is 13.2 Å². The van der Waals surface area contributed by atoms with Crippen LogP contribution in [0.1, 0.15) is 20.3 Å². The summed E-state index contributed by atoms with van der Waals surface area (Å²) in [6, 6.07) is -0.329. The van der Waals surface area contributed by atoms with Crippen LogP contribution in [0.4, 0.5) is 0 Å². The van der Waals surface area contributed by atoms with E-state index in [0.29, 0.717) is 19.6 Å². The maximum absolute atomic E-state index is 11.0. The van der Waals surface area contributed by atoms with Crippen LogP contribution in [0.2, 0.25) is 0 Å². The molecule has 2 N–H and O–H groups in total. The Balaban J connectivity index is 0. The average Bonchev–Trinajstić information content (AvgIpc) is 2.27. The van der Waals surface area contributed by atoms with Crippen molar-refractivity contribution in [3.05, 3.63) is 24.3 Å². The highest BCUT2D eigenvalue weighted by Gasteiger charge is 1.99. The summed E-state index contributed by atoms with van der Waals surface area (Å²) in [4.78, 5) is 21.9. The number of hydrogen-bond donors (Lipinski definition) is 1. The molecule has 0 aromatic carbocycles. The molecule has 0 spiro atoms. The largest absolute Gasteiger partial charge is 0.463 e. The zero-order valence-electron chi connectivity index (χ0n) is 10.6. The van der Waals surface area contributed by atoms with Crippen molar-refractivity contribution in [1.82, 2.24) is 0 Å². The molecule has 0 fully saturated rings. The third-order valence-corrected chi connectivity index (χ3v) is 1.71. The Morgan fingerprint density at radius 1 is 1.11 bits per heavy atom. The monoisotopic (exact) mass is 277 g/mol. The van der Waals surface area contributed by atoms with Gasteiger partial charge in [0.2, 0.25) is 0 Å². The molecule has 0 aliphatic rings. The molecule has 0 unspecified atom stereocenters. The van der Waals surface area contributed by atoms with Crippen LogP contribution in [-0.2, 0) is 19.1 Å². The fourth-order valence-corrected chi connectivity index (χ4v) is 0.983. The second kappa shape index (κ2) is 12.1. The summed E-state index contributed by atoms with van der Waals surface area (Å²) in [6.45, 7) is 4.15. The minimum Gasteiger partial charge on any atom is -0.463 e. The van der Waals surface area contributed by atoms with Crippen LogP contribution in [0, 0.1) is 0 Å². The molecular formula is C12H20ClNO4. The van der Waals surface area contributed by atoms with E-state index in [1.165, 1.54) is 18.2 Å². The van der Waals surface area contributed by atoms with Gasteiger partial charge in [0.25, 0.3) is 0 Å². The smallest absolute Gasteiger partial charge is 0.330 e. The molecule has 0 heterocycles. The molecule has 5 nitrogen and oxygen atoms in total. The molecule has 0 aromatic heterocycles. The van der Waals surface area contributed by atoms with Gasteiger partial charge in [0, 0.05) is 18.2 Å². The van der Waals surface area contributed by atoms with Gasteiger partial charge in [-0.3, -0.25) is 0 Å². The van der Waals surface area contributed by atoms with E-state index < -0.39 is 11.9 Å². The predicted molar refractivity (Wildman–Crippen MR) is 71.4 cm³/mol. The highest BCUT2D eigenvalue weighted by molar-refractivity contribution is 5.85. The lowest BCUT2D eigenvalue weighted by Crippen LogP contribution is -2.16. The van der Waals surface area contributed by atoms with Crippen molar-refractivity contribution in [2.45, 2.75) is 26.3 Å². The molecule has 104 valence electrons. The van der Waals surface area contributed by atoms with Crippen LogP contribution in [0.5, 0.6) is 0 Å². The highest BCUT2D eigenvalue weighted by atomic mass is 35.5. The number of ether oxygens (including phenoxy) is 2. The fraction of sp³-hybridized carbons (Fsp3) is 0.500. The maximum atomic E-state index is 11.0. The lowest BCUT2D eigenvalue weighted by molar-refractivity contribution is -0.138. The molecule has 0 aromatic rings. The molecule has 0 saturated carbocycles. The predicted octanol–water partition coefficient (Wildman–Crippen LogP) is 1.36. The van der Waals surface area contributed by atoms with Gasteiger partial charge in [-0.15, -0.1) is 12.4 Å². The second-order valence-electron chi connectivity index (χ2n) is 3.17. The van der Waals surface area contributed by atoms with E-state index in [1.807, 2.05) is 0 Å². The van der Waals surface area contributed by atoms with E-state index in [0.717, 1.165) is 0 Å². The molecule has 0 aliphatic carbocycles. The molecule has 0 bridgehead atoms. The van der Waals surface area contributed by atoms with Crippen molar-refractivity contribution in [3.63, 3.8) is 0 Å². The van der Waals surface area contributed by atoms with Crippen LogP contribution >= 0.6 is 12.4 Å². The SMILES string of the molecule is CCOC(=O)/C=C/C[C@H](N)/C=C/C(=O)OCC.Cl. The third kappa shape index (κ3) is 11.2. The summed E-state index contributed by atoms with van der Waals surface area (Å²) in [7, 11) is 0. The first-order chi connectivity index (χ1) is 8.10. The number of carbonyl (C=O) groups excluding carboxylic acids is 2. The summed E-state index contributed by atoms with van der Waals surface area (Å²) in [5.74, 6) is -0.814. The van der Waals surface area contributed by atoms with E-state index in [9.17, 15) is 9.59 Å². The number of carbonyl (C=O) groups is 2. The van der Waals surface area contributed by atoms with Crippen molar-refractivity contribution in [3.8, 4) is 0 Å². The number of nitrogens with two attached hydrogens (primary N) is 1. The van der Waals surface area contributed by atoms with Gasteiger partial charge in [-0.1, -0.05) is 12.2 Å². The highest BCUT2D eigenvalue weighted by Crippen LogP contribution is 1.94. The Morgan fingerprint density at radius 2 is 1.61 bits per heavy atom. The first-order valence-corrected chi connectivity index (χ1v) is 5.54. The topological polar surface area (TPSA) is 78.6 Å². The summed E-state index contributed by atoms with van der Waals surface area (Å²) in [5.41, 5.74) is 5.68. The maximum Gasteiger partial charge on any atom is 0.330 e. The van der Waals surface area contributed by atoms with Gasteiger partial charge < -0.3 is 15.2 Å². The molecule has 0 radical (unpaired) electrons. The Labute approximate surface area is 113 Å². The van der Waals surface area contributed by atoms with Crippen molar-refractivity contribution < 1.29 is 19.1 Å². The van der Waals surface area contributed by atoms with Crippen LogP contribution < -0.4 is 5.73 Å². The van der Waals surface area contributed by atoms with Gasteiger partial charge in [0.1, 0.15) is 0 Å². The minimum absolute atomic E-state index is 0. The number of halogens is 1. The lowest BCUT2D eigenvalue weighted by Gasteiger charge is -2.01. The summed E-state index contributed by atoms with van der Waals surface area (Å²) in [6.07, 6.45) is 6.20. The molecule has 1 atom stereocenters. The summed E-state index contributed by atoms with van der Waals surface area (Å²) >= 11 is 0. The summed E-state index contributed by atoms with van der Waals surface area (Å²) < 4.78 is 9.39. The van der Waals surface area contributed by atoms with Crippen LogP contribution in [0.25, 0.3) is 0 Å². The average molecular weight is 278 g/mol. The number of hydrogen-bond acceptors (Lipinski definition) is 5. The van der Waals surface area contributed by atoms with Gasteiger partial charge in [-0.2, -0.15) is 0 Å². The summed E-state index contributed by atoms with van der Waals surface area (Å²) in [5, 5.41) is 0. The van der Waals surface area contributed by atoms with E-state index in [1.54, 1.807) is 19.9 Å². The first-order valence-electron chi connectivity index (χ1n) is 5.54. The van der Waals surface area contributed by atoms with E-state index >= 15 is 0 Å². The Kier molecular flexibility index (Phi) is 12.8. The standard InChI is InChI=1S/C12H19NO4.ClH/c1-3-16-11(14)7-5-6-10(13)8-9-12(15)17-4-2;/h5,7-10H,3-4,6,13H2,1-2H3;1H/b7-5+,9-8+;/t10-;/m0./s1. The van der Waals surface area contributed by atoms with Gasteiger partial charge in [-0.25, -0.2) is 9.59 Å². The first kappa shape index (κ1) is 19.0. The third-order valence-electron chi connectivity index (χ3n) is 1.71. The molecule has 0 aliphatic heterocycles. The van der Waals surface area contributed by atoms with Crippen LogP contribution in [0.3, 0.4) is 0 Å². The van der Waals surface area contributed by atoms with Gasteiger partial charge >= 0.3 is 11.9 Å². The quantitative estimate of drug-likeness (QED) is 0.562. The zero-order chi connectivity index (χ0) is 13.1. The van der Waals surface area contributed by atoms with Crippen molar-refractivity contribution >= 4 is 24.3 Å². The number of esters is 2. The van der Waals surface area contributed by atoms with Gasteiger partial charge in [0.05, 0.1) is 13.2 Å². The molecule has 0 rings (SSSR count). The van der Waals surface area contributed by atoms with Crippen molar-refractivity contribution in [2.24, 2.45) is 5.73 Å². The van der Waals surface area contributed by atoms with Gasteiger partial charge in [-0.05, 0) is 20.3 Å². The second-order valence-corrected chi connectivity index (χ2v) is 3.17. The molecule has 0 saturated heterocycles. The fourth-order valence-electron chi connectivity index (χ4n) is 0.983. The number of rotatable bonds is 7. The Hall–Kier alpha value is -1.33.